The lowest BCUT2D eigenvalue weighted by Gasteiger charge is -2.38. The summed E-state index contributed by atoms with van der Waals surface area (Å²) in [6.45, 7) is 6.66. The Morgan fingerprint density at radius 1 is 1.41 bits per heavy atom. The predicted molar refractivity (Wildman–Crippen MR) is 84.2 cm³/mol. The van der Waals surface area contributed by atoms with Crippen molar-refractivity contribution >= 4 is 29.3 Å². The Bertz CT molecular complexity index is 546. The highest BCUT2D eigenvalue weighted by atomic mass is 35.5. The number of halogens is 2. The van der Waals surface area contributed by atoms with Gasteiger partial charge in [0.15, 0.2) is 5.15 Å². The van der Waals surface area contributed by atoms with Crippen molar-refractivity contribution < 1.29 is 14.6 Å². The summed E-state index contributed by atoms with van der Waals surface area (Å²) < 4.78 is 6.96. The van der Waals surface area contributed by atoms with Gasteiger partial charge in [-0.1, -0.05) is 23.2 Å². The molecule has 1 aliphatic rings. The van der Waals surface area contributed by atoms with E-state index in [0.717, 1.165) is 0 Å². The molecule has 8 heteroatoms. The van der Waals surface area contributed by atoms with Gasteiger partial charge in [0.25, 0.3) is 0 Å². The second-order valence-corrected chi connectivity index (χ2v) is 7.36. The molecule has 0 radical (unpaired) electrons. The van der Waals surface area contributed by atoms with E-state index in [0.29, 0.717) is 37.6 Å². The number of hydrogen-bond donors (Lipinski definition) is 1. The van der Waals surface area contributed by atoms with Crippen molar-refractivity contribution in [3.63, 3.8) is 0 Å². The van der Waals surface area contributed by atoms with Crippen molar-refractivity contribution in [3.05, 3.63) is 16.6 Å². The quantitative estimate of drug-likeness (QED) is 0.891. The van der Waals surface area contributed by atoms with Crippen LogP contribution in [0.4, 0.5) is 4.79 Å². The lowest BCUT2D eigenvalue weighted by atomic mass is 9.91. The molecule has 1 aromatic heterocycles. The van der Waals surface area contributed by atoms with Gasteiger partial charge in [0.2, 0.25) is 0 Å². The van der Waals surface area contributed by atoms with Gasteiger partial charge in [0, 0.05) is 13.1 Å². The highest BCUT2D eigenvalue weighted by Crippen LogP contribution is 2.28. The van der Waals surface area contributed by atoms with Crippen molar-refractivity contribution in [3.8, 4) is 0 Å². The van der Waals surface area contributed by atoms with E-state index in [9.17, 15) is 9.90 Å². The molecule has 2 heterocycles. The van der Waals surface area contributed by atoms with E-state index in [1.807, 2.05) is 20.8 Å². The Morgan fingerprint density at radius 3 is 2.45 bits per heavy atom. The molecule has 0 bridgehead atoms. The number of amides is 1. The number of ether oxygens (including phenoxy) is 1. The average Bonchev–Trinajstić information content (AvgIpc) is 2.69. The normalized spacial score (nSPS) is 18.4. The largest absolute Gasteiger partial charge is 0.444 e. The van der Waals surface area contributed by atoms with Gasteiger partial charge in [-0.3, -0.25) is 0 Å². The Kier molecular flexibility index (Phi) is 4.94. The van der Waals surface area contributed by atoms with Crippen LogP contribution in [0.25, 0.3) is 0 Å². The van der Waals surface area contributed by atoms with Crippen molar-refractivity contribution in [2.75, 3.05) is 13.1 Å². The van der Waals surface area contributed by atoms with E-state index >= 15 is 0 Å². The monoisotopic (exact) mass is 349 g/mol. The Labute approximate surface area is 140 Å². The van der Waals surface area contributed by atoms with Gasteiger partial charge in [-0.25, -0.2) is 9.78 Å². The van der Waals surface area contributed by atoms with E-state index < -0.39 is 11.2 Å². The molecule has 1 aromatic rings. The van der Waals surface area contributed by atoms with Gasteiger partial charge >= 0.3 is 6.09 Å². The topological polar surface area (TPSA) is 67.6 Å². The second kappa shape index (κ2) is 6.26. The van der Waals surface area contributed by atoms with E-state index in [4.69, 9.17) is 27.9 Å². The number of carbonyl (C=O) groups is 1. The van der Waals surface area contributed by atoms with Gasteiger partial charge in [-0.05, 0) is 33.6 Å². The molecule has 1 fully saturated rings. The molecule has 1 saturated heterocycles. The first-order valence-electron chi connectivity index (χ1n) is 7.16. The van der Waals surface area contributed by atoms with Gasteiger partial charge < -0.3 is 19.3 Å². The zero-order chi connectivity index (χ0) is 16.5. The van der Waals surface area contributed by atoms with Crippen LogP contribution in [0.3, 0.4) is 0 Å². The summed E-state index contributed by atoms with van der Waals surface area (Å²) in [5, 5.41) is 11.2. The predicted octanol–water partition coefficient (Wildman–Crippen LogP) is 2.95. The van der Waals surface area contributed by atoms with Gasteiger partial charge in [-0.15, -0.1) is 0 Å². The van der Waals surface area contributed by atoms with Crippen LogP contribution in [0.2, 0.25) is 10.3 Å². The maximum atomic E-state index is 12.0. The second-order valence-electron chi connectivity index (χ2n) is 6.65. The molecular formula is C14H21Cl2N3O3. The summed E-state index contributed by atoms with van der Waals surface area (Å²) in [7, 11) is 0. The highest BCUT2D eigenvalue weighted by Gasteiger charge is 2.36. The third-order valence-corrected chi connectivity index (χ3v) is 4.31. The lowest BCUT2D eigenvalue weighted by molar-refractivity contribution is -0.0413. The number of piperidine rings is 1. The smallest absolute Gasteiger partial charge is 0.410 e. The SMILES string of the molecule is CC(C)(C)OC(=O)N1CCC(O)(Cn2cnc(Cl)c2Cl)CC1. The van der Waals surface area contributed by atoms with Crippen molar-refractivity contribution in [1.29, 1.82) is 0 Å². The highest BCUT2D eigenvalue weighted by molar-refractivity contribution is 6.40. The van der Waals surface area contributed by atoms with Crippen molar-refractivity contribution in [2.24, 2.45) is 0 Å². The minimum atomic E-state index is -0.938. The molecule has 0 aromatic carbocycles. The number of carbonyl (C=O) groups excluding carboxylic acids is 1. The number of rotatable bonds is 2. The molecule has 1 aliphatic heterocycles. The third-order valence-electron chi connectivity index (χ3n) is 3.54. The maximum absolute atomic E-state index is 12.0. The van der Waals surface area contributed by atoms with Crippen LogP contribution < -0.4 is 0 Å². The average molecular weight is 350 g/mol. The van der Waals surface area contributed by atoms with Crippen LogP contribution in [-0.2, 0) is 11.3 Å². The number of aromatic nitrogens is 2. The number of nitrogens with zero attached hydrogens (tertiary/aromatic N) is 3. The molecule has 0 unspecified atom stereocenters. The molecule has 1 N–H and O–H groups in total. The fraction of sp³-hybridized carbons (Fsp3) is 0.714. The molecule has 0 aliphatic carbocycles. The zero-order valence-electron chi connectivity index (χ0n) is 13.0. The minimum Gasteiger partial charge on any atom is -0.444 e. The molecule has 124 valence electrons. The Morgan fingerprint density at radius 2 is 2.00 bits per heavy atom. The first-order chi connectivity index (χ1) is 10.1. The number of imidazole rings is 1. The summed E-state index contributed by atoms with van der Waals surface area (Å²) in [5.74, 6) is 0. The third kappa shape index (κ3) is 4.27. The summed E-state index contributed by atoms with van der Waals surface area (Å²) in [6, 6.07) is 0. The van der Waals surface area contributed by atoms with Crippen LogP contribution in [0.5, 0.6) is 0 Å². The first-order valence-corrected chi connectivity index (χ1v) is 7.92. The van der Waals surface area contributed by atoms with Crippen LogP contribution in [0, 0.1) is 0 Å². The van der Waals surface area contributed by atoms with Crippen molar-refractivity contribution in [1.82, 2.24) is 14.5 Å². The molecule has 0 saturated carbocycles. The molecule has 22 heavy (non-hydrogen) atoms. The van der Waals surface area contributed by atoms with Crippen LogP contribution in [-0.4, -0.2) is 49.9 Å². The number of aliphatic hydroxyl groups is 1. The molecule has 0 spiro atoms. The van der Waals surface area contributed by atoms with Gasteiger partial charge in [0.05, 0.1) is 18.5 Å². The van der Waals surface area contributed by atoms with Crippen molar-refractivity contribution in [2.45, 2.75) is 51.4 Å². The fourth-order valence-electron chi connectivity index (χ4n) is 2.36. The Balaban J connectivity index is 1.93. The van der Waals surface area contributed by atoms with Crippen LogP contribution in [0.1, 0.15) is 33.6 Å². The summed E-state index contributed by atoms with van der Waals surface area (Å²) in [5.41, 5.74) is -1.46. The summed E-state index contributed by atoms with van der Waals surface area (Å²) >= 11 is 11.8. The van der Waals surface area contributed by atoms with E-state index in [-0.39, 0.29) is 11.2 Å². The number of likely N-dealkylation sites (tertiary alicyclic amines) is 1. The van der Waals surface area contributed by atoms with E-state index in [1.165, 1.54) is 6.33 Å². The van der Waals surface area contributed by atoms with Gasteiger partial charge in [0.1, 0.15) is 10.8 Å². The Hall–Kier alpha value is -0.980. The summed E-state index contributed by atoms with van der Waals surface area (Å²) in [4.78, 5) is 17.5. The van der Waals surface area contributed by atoms with E-state index in [1.54, 1.807) is 9.47 Å². The minimum absolute atomic E-state index is 0.219. The molecule has 0 atom stereocenters. The maximum Gasteiger partial charge on any atom is 0.410 e. The summed E-state index contributed by atoms with van der Waals surface area (Å²) in [6.07, 6.45) is 2.04. The van der Waals surface area contributed by atoms with Gasteiger partial charge in [-0.2, -0.15) is 0 Å². The fourth-order valence-corrected chi connectivity index (χ4v) is 2.66. The first kappa shape index (κ1) is 17.4. The standard InChI is InChI=1S/C14H21Cl2N3O3/c1-13(2,3)22-12(20)18-6-4-14(21,5-7-18)8-19-9-17-10(15)11(19)16/h9,21H,4-8H2,1-3H3. The molecular weight excluding hydrogens is 329 g/mol. The molecule has 2 rings (SSSR count). The molecule has 1 amide bonds. The van der Waals surface area contributed by atoms with Crippen LogP contribution in [0.15, 0.2) is 6.33 Å². The van der Waals surface area contributed by atoms with Crippen LogP contribution >= 0.6 is 23.2 Å². The van der Waals surface area contributed by atoms with E-state index in [2.05, 4.69) is 4.98 Å². The zero-order valence-corrected chi connectivity index (χ0v) is 14.5. The lowest BCUT2D eigenvalue weighted by Crippen LogP contribution is -2.49. The number of hydrogen-bond acceptors (Lipinski definition) is 4. The molecule has 6 nitrogen and oxygen atoms in total.